The average molecular weight is 282 g/mol. The minimum atomic E-state index is -0.384. The summed E-state index contributed by atoms with van der Waals surface area (Å²) in [5.41, 5.74) is -0.260. The predicted molar refractivity (Wildman–Crippen MR) is 81.2 cm³/mol. The number of hydrogen-bond donors (Lipinski definition) is 1. The van der Waals surface area contributed by atoms with Gasteiger partial charge in [0, 0.05) is 6.04 Å². The zero-order valence-electron chi connectivity index (χ0n) is 14.0. The Hall–Kier alpha value is -1.06. The number of hydrogen-bond acceptors (Lipinski definition) is 2. The van der Waals surface area contributed by atoms with Crippen molar-refractivity contribution in [1.82, 2.24) is 10.2 Å². The number of amides is 2. The summed E-state index contributed by atoms with van der Waals surface area (Å²) in [6, 6.07) is -0.672. The smallest absolute Gasteiger partial charge is 0.246 e. The molecule has 4 nitrogen and oxygen atoms in total. The van der Waals surface area contributed by atoms with E-state index >= 15 is 0 Å². The van der Waals surface area contributed by atoms with Crippen LogP contribution in [0.2, 0.25) is 0 Å². The van der Waals surface area contributed by atoms with Crippen LogP contribution in [0.1, 0.15) is 61.3 Å². The van der Waals surface area contributed by atoms with E-state index in [4.69, 9.17) is 0 Å². The molecule has 1 aliphatic rings. The average Bonchev–Trinajstić information content (AvgIpc) is 2.37. The Labute approximate surface area is 123 Å². The van der Waals surface area contributed by atoms with Crippen LogP contribution in [-0.2, 0) is 9.59 Å². The molecule has 1 heterocycles. The molecule has 20 heavy (non-hydrogen) atoms. The highest BCUT2D eigenvalue weighted by Gasteiger charge is 2.48. The first-order valence-corrected chi connectivity index (χ1v) is 7.77. The SMILES string of the molecule is CCC(C)C1NC(=O)C(C(C)(C)C)N(C(C)CC)C1=O. The van der Waals surface area contributed by atoms with Crippen LogP contribution in [-0.4, -0.2) is 34.8 Å². The fourth-order valence-electron chi connectivity index (χ4n) is 2.81. The first kappa shape index (κ1) is 17.0. The molecule has 0 aliphatic carbocycles. The van der Waals surface area contributed by atoms with Crippen LogP contribution in [0.4, 0.5) is 0 Å². The zero-order chi connectivity index (χ0) is 15.7. The second-order valence-electron chi connectivity index (χ2n) is 7.14. The first-order chi connectivity index (χ1) is 9.15. The minimum absolute atomic E-state index is 0.0114. The van der Waals surface area contributed by atoms with Crippen LogP contribution in [0.3, 0.4) is 0 Å². The number of rotatable bonds is 4. The Morgan fingerprint density at radius 2 is 1.70 bits per heavy atom. The van der Waals surface area contributed by atoms with E-state index < -0.39 is 0 Å². The van der Waals surface area contributed by atoms with Gasteiger partial charge < -0.3 is 10.2 Å². The molecule has 0 bridgehead atoms. The molecule has 0 aromatic carbocycles. The zero-order valence-corrected chi connectivity index (χ0v) is 14.0. The Kier molecular flexibility index (Phi) is 5.22. The molecule has 4 atom stereocenters. The molecule has 1 aliphatic heterocycles. The molecule has 1 fully saturated rings. The third kappa shape index (κ3) is 3.15. The highest BCUT2D eigenvalue weighted by Crippen LogP contribution is 2.31. The molecular weight excluding hydrogens is 252 g/mol. The summed E-state index contributed by atoms with van der Waals surface area (Å²) in [6.07, 6.45) is 1.74. The lowest BCUT2D eigenvalue weighted by atomic mass is 9.81. The molecule has 4 unspecified atom stereocenters. The summed E-state index contributed by atoms with van der Waals surface area (Å²) >= 11 is 0. The van der Waals surface area contributed by atoms with Crippen molar-refractivity contribution in [2.24, 2.45) is 11.3 Å². The first-order valence-electron chi connectivity index (χ1n) is 7.77. The Balaban J connectivity index is 3.18. The van der Waals surface area contributed by atoms with Gasteiger partial charge in [-0.15, -0.1) is 0 Å². The molecule has 0 saturated carbocycles. The van der Waals surface area contributed by atoms with E-state index in [9.17, 15) is 9.59 Å². The normalized spacial score (nSPS) is 27.2. The van der Waals surface area contributed by atoms with E-state index in [2.05, 4.69) is 12.2 Å². The summed E-state index contributed by atoms with van der Waals surface area (Å²) in [6.45, 7) is 14.2. The second kappa shape index (κ2) is 6.15. The molecule has 0 spiro atoms. The van der Waals surface area contributed by atoms with Gasteiger partial charge in [-0.3, -0.25) is 9.59 Å². The molecule has 0 radical (unpaired) electrons. The van der Waals surface area contributed by atoms with Gasteiger partial charge in [0.2, 0.25) is 11.8 Å². The Morgan fingerprint density at radius 1 is 1.15 bits per heavy atom. The minimum Gasteiger partial charge on any atom is -0.342 e. The molecule has 1 rings (SSSR count). The van der Waals surface area contributed by atoms with Crippen LogP contribution >= 0.6 is 0 Å². The van der Waals surface area contributed by atoms with Crippen molar-refractivity contribution in [2.45, 2.75) is 79.4 Å². The van der Waals surface area contributed by atoms with Crippen molar-refractivity contribution in [3.63, 3.8) is 0 Å². The lowest BCUT2D eigenvalue weighted by molar-refractivity contribution is -0.158. The van der Waals surface area contributed by atoms with Crippen LogP contribution in [0.5, 0.6) is 0 Å². The largest absolute Gasteiger partial charge is 0.342 e. The summed E-state index contributed by atoms with van der Waals surface area (Å²) in [5.74, 6) is 0.231. The van der Waals surface area contributed by atoms with E-state index in [1.807, 2.05) is 46.4 Å². The summed E-state index contributed by atoms with van der Waals surface area (Å²) in [4.78, 5) is 27.2. The van der Waals surface area contributed by atoms with Crippen LogP contribution in [0, 0.1) is 11.3 Å². The fraction of sp³-hybridized carbons (Fsp3) is 0.875. The third-order valence-corrected chi connectivity index (χ3v) is 4.44. The Bertz CT molecular complexity index is 373. The van der Waals surface area contributed by atoms with E-state index in [-0.39, 0.29) is 41.3 Å². The predicted octanol–water partition coefficient (Wildman–Crippen LogP) is 2.57. The van der Waals surface area contributed by atoms with Crippen molar-refractivity contribution in [2.75, 3.05) is 0 Å². The van der Waals surface area contributed by atoms with Gasteiger partial charge in [-0.25, -0.2) is 0 Å². The number of carbonyl (C=O) groups excluding carboxylic acids is 2. The maximum absolute atomic E-state index is 12.8. The van der Waals surface area contributed by atoms with Gasteiger partial charge in [-0.1, -0.05) is 48.0 Å². The molecule has 0 aromatic heterocycles. The van der Waals surface area contributed by atoms with Gasteiger partial charge in [0.25, 0.3) is 0 Å². The molecule has 0 aromatic rings. The highest BCUT2D eigenvalue weighted by molar-refractivity contribution is 5.97. The van der Waals surface area contributed by atoms with Crippen molar-refractivity contribution in [1.29, 1.82) is 0 Å². The number of nitrogens with zero attached hydrogens (tertiary/aromatic N) is 1. The summed E-state index contributed by atoms with van der Waals surface area (Å²) < 4.78 is 0. The molecule has 1 N–H and O–H groups in total. The van der Waals surface area contributed by atoms with Gasteiger partial charge in [0.1, 0.15) is 12.1 Å². The van der Waals surface area contributed by atoms with Crippen molar-refractivity contribution in [3.05, 3.63) is 0 Å². The van der Waals surface area contributed by atoms with E-state index in [0.29, 0.717) is 0 Å². The molecule has 116 valence electrons. The van der Waals surface area contributed by atoms with E-state index in [1.165, 1.54) is 0 Å². The van der Waals surface area contributed by atoms with Crippen molar-refractivity contribution in [3.8, 4) is 0 Å². The molecule has 2 amide bonds. The Morgan fingerprint density at radius 3 is 2.10 bits per heavy atom. The number of carbonyl (C=O) groups is 2. The summed E-state index contributed by atoms with van der Waals surface area (Å²) in [7, 11) is 0. The third-order valence-electron chi connectivity index (χ3n) is 4.44. The van der Waals surface area contributed by atoms with Crippen LogP contribution in [0.15, 0.2) is 0 Å². The van der Waals surface area contributed by atoms with Crippen LogP contribution in [0.25, 0.3) is 0 Å². The van der Waals surface area contributed by atoms with Crippen molar-refractivity contribution >= 4 is 11.8 Å². The van der Waals surface area contributed by atoms with Gasteiger partial charge in [-0.2, -0.15) is 0 Å². The molecular formula is C16H30N2O2. The van der Waals surface area contributed by atoms with Gasteiger partial charge in [0.15, 0.2) is 0 Å². The topological polar surface area (TPSA) is 49.4 Å². The summed E-state index contributed by atoms with van der Waals surface area (Å²) in [5, 5.41) is 2.95. The van der Waals surface area contributed by atoms with E-state index in [1.54, 1.807) is 0 Å². The lowest BCUT2D eigenvalue weighted by Crippen LogP contribution is -2.69. The monoisotopic (exact) mass is 282 g/mol. The molecule has 4 heteroatoms. The number of nitrogens with one attached hydrogen (secondary N) is 1. The quantitative estimate of drug-likeness (QED) is 0.861. The van der Waals surface area contributed by atoms with Gasteiger partial charge in [-0.05, 0) is 24.7 Å². The standard InChI is InChI=1S/C16H30N2O2/c1-8-10(3)12-15(20)18(11(4)9-2)13(14(19)17-12)16(5,6)7/h10-13H,8-9H2,1-7H3,(H,17,19). The fourth-order valence-corrected chi connectivity index (χ4v) is 2.81. The maximum atomic E-state index is 12.8. The van der Waals surface area contributed by atoms with Crippen molar-refractivity contribution < 1.29 is 9.59 Å². The van der Waals surface area contributed by atoms with Gasteiger partial charge in [0.05, 0.1) is 0 Å². The lowest BCUT2D eigenvalue weighted by Gasteiger charge is -2.48. The van der Waals surface area contributed by atoms with Crippen LogP contribution < -0.4 is 5.32 Å². The maximum Gasteiger partial charge on any atom is 0.246 e. The van der Waals surface area contributed by atoms with E-state index in [0.717, 1.165) is 12.8 Å². The highest BCUT2D eigenvalue weighted by atomic mass is 16.2. The molecule has 1 saturated heterocycles. The second-order valence-corrected chi connectivity index (χ2v) is 7.14. The number of piperazine rings is 1. The van der Waals surface area contributed by atoms with Gasteiger partial charge >= 0.3 is 0 Å².